The van der Waals surface area contributed by atoms with Gasteiger partial charge in [-0.25, -0.2) is 0 Å². The summed E-state index contributed by atoms with van der Waals surface area (Å²) in [4.78, 5) is 18.0. The van der Waals surface area contributed by atoms with Crippen LogP contribution in [-0.2, 0) is 11.2 Å². The minimum absolute atomic E-state index is 0.0572. The van der Waals surface area contributed by atoms with Gasteiger partial charge < -0.3 is 14.3 Å². The van der Waals surface area contributed by atoms with E-state index in [0.29, 0.717) is 17.7 Å². The minimum Gasteiger partial charge on any atom is -0.411 e. The summed E-state index contributed by atoms with van der Waals surface area (Å²) in [5.41, 5.74) is 4.10. The van der Waals surface area contributed by atoms with Gasteiger partial charge >= 0.3 is 0 Å². The molecule has 1 atom stereocenters. The third kappa shape index (κ3) is 2.88. The van der Waals surface area contributed by atoms with E-state index >= 15 is 0 Å². The third-order valence-corrected chi connectivity index (χ3v) is 5.93. The largest absolute Gasteiger partial charge is 0.411 e. The van der Waals surface area contributed by atoms with Crippen LogP contribution in [0.25, 0.3) is 22.4 Å². The average molecular weight is 390 g/mol. The van der Waals surface area contributed by atoms with E-state index in [1.165, 1.54) is 17.3 Å². The lowest BCUT2D eigenvalue weighted by Gasteiger charge is -2.20. The predicted octanol–water partition coefficient (Wildman–Crippen LogP) is 4.29. The zero-order valence-electron chi connectivity index (χ0n) is 15.3. The molecule has 0 unspecified atom stereocenters. The van der Waals surface area contributed by atoms with Gasteiger partial charge in [0, 0.05) is 29.3 Å². The Morgan fingerprint density at radius 3 is 2.93 bits per heavy atom. The molecule has 6 nitrogen and oxygen atoms in total. The van der Waals surface area contributed by atoms with E-state index in [4.69, 9.17) is 4.42 Å². The standard InChI is InChI=1S/C21H18N4O2S/c1-13(20(26)25-11-10-14-6-2-5-9-18(14)25)28-21-24-23-19(27-21)16-12-22-17-8-4-3-7-15(16)17/h2-9,12-13,22H,10-11H2,1H3/t13-/m0/s1. The highest BCUT2D eigenvalue weighted by atomic mass is 32.2. The van der Waals surface area contributed by atoms with Gasteiger partial charge in [0.15, 0.2) is 0 Å². The number of anilines is 1. The highest BCUT2D eigenvalue weighted by Crippen LogP contribution is 2.33. The lowest BCUT2D eigenvalue weighted by Crippen LogP contribution is -2.35. The smallest absolute Gasteiger partial charge is 0.277 e. The van der Waals surface area contributed by atoms with Gasteiger partial charge in [-0.15, -0.1) is 10.2 Å². The van der Waals surface area contributed by atoms with Gasteiger partial charge in [-0.3, -0.25) is 4.79 Å². The molecule has 1 aliphatic heterocycles. The molecule has 28 heavy (non-hydrogen) atoms. The maximum Gasteiger partial charge on any atom is 0.277 e. The number of H-pyrrole nitrogens is 1. The molecule has 5 rings (SSSR count). The van der Waals surface area contributed by atoms with Crippen LogP contribution in [0.1, 0.15) is 12.5 Å². The number of amides is 1. The van der Waals surface area contributed by atoms with Gasteiger partial charge in [-0.2, -0.15) is 0 Å². The van der Waals surface area contributed by atoms with Crippen LogP contribution in [0.3, 0.4) is 0 Å². The predicted molar refractivity (Wildman–Crippen MR) is 109 cm³/mol. The second kappa shape index (κ2) is 6.83. The number of hydrogen-bond donors (Lipinski definition) is 1. The van der Waals surface area contributed by atoms with Crippen molar-refractivity contribution in [2.75, 3.05) is 11.4 Å². The van der Waals surface area contributed by atoms with Gasteiger partial charge in [-0.1, -0.05) is 48.2 Å². The first kappa shape index (κ1) is 17.1. The van der Waals surface area contributed by atoms with Crippen LogP contribution in [0, 0.1) is 0 Å². The molecule has 0 saturated carbocycles. The monoisotopic (exact) mass is 390 g/mol. The van der Waals surface area contributed by atoms with Gasteiger partial charge in [0.05, 0.1) is 10.8 Å². The number of thioether (sulfide) groups is 1. The first-order valence-electron chi connectivity index (χ1n) is 9.16. The van der Waals surface area contributed by atoms with Gasteiger partial charge in [-0.05, 0) is 31.0 Å². The fraction of sp³-hybridized carbons (Fsp3) is 0.190. The van der Waals surface area contributed by atoms with Crippen molar-refractivity contribution in [2.24, 2.45) is 0 Å². The molecule has 0 saturated heterocycles. The molecule has 7 heteroatoms. The number of carbonyl (C=O) groups excluding carboxylic acids is 1. The van der Waals surface area contributed by atoms with Crippen LogP contribution in [0.5, 0.6) is 0 Å². The number of hydrogen-bond acceptors (Lipinski definition) is 5. The number of aromatic amines is 1. The summed E-state index contributed by atoms with van der Waals surface area (Å²) in [6.45, 7) is 2.59. The number of para-hydroxylation sites is 2. The molecular weight excluding hydrogens is 372 g/mol. The van der Waals surface area contributed by atoms with Crippen LogP contribution in [0.4, 0.5) is 5.69 Å². The van der Waals surface area contributed by atoms with Crippen molar-refractivity contribution >= 4 is 34.3 Å². The number of fused-ring (bicyclic) bond motifs is 2. The zero-order chi connectivity index (χ0) is 19.1. The lowest BCUT2D eigenvalue weighted by molar-refractivity contribution is -0.117. The normalized spacial score (nSPS) is 14.4. The van der Waals surface area contributed by atoms with E-state index in [-0.39, 0.29) is 11.2 Å². The number of nitrogens with zero attached hydrogens (tertiary/aromatic N) is 3. The molecule has 140 valence electrons. The summed E-state index contributed by atoms with van der Waals surface area (Å²) in [5.74, 6) is 0.507. The highest BCUT2D eigenvalue weighted by Gasteiger charge is 2.29. The minimum atomic E-state index is -0.317. The molecule has 0 bridgehead atoms. The van der Waals surface area contributed by atoms with Crippen molar-refractivity contribution in [3.8, 4) is 11.5 Å². The third-order valence-electron chi connectivity index (χ3n) is 5.00. The molecule has 2 aromatic heterocycles. The molecule has 4 aromatic rings. The van der Waals surface area contributed by atoms with E-state index in [1.54, 1.807) is 0 Å². The van der Waals surface area contributed by atoms with Gasteiger partial charge in [0.1, 0.15) is 0 Å². The molecule has 0 spiro atoms. The highest BCUT2D eigenvalue weighted by molar-refractivity contribution is 8.00. The number of rotatable bonds is 4. The maximum atomic E-state index is 12.9. The second-order valence-electron chi connectivity index (χ2n) is 6.75. The molecule has 0 radical (unpaired) electrons. The van der Waals surface area contributed by atoms with Crippen LogP contribution in [-0.4, -0.2) is 32.9 Å². The van der Waals surface area contributed by atoms with Gasteiger partial charge in [0.25, 0.3) is 11.1 Å². The number of aromatic nitrogens is 3. The Kier molecular flexibility index (Phi) is 4.16. The second-order valence-corrected chi connectivity index (χ2v) is 8.04. The summed E-state index contributed by atoms with van der Waals surface area (Å²) < 4.78 is 5.84. The summed E-state index contributed by atoms with van der Waals surface area (Å²) in [6, 6.07) is 16.0. The van der Waals surface area contributed by atoms with Crippen molar-refractivity contribution < 1.29 is 9.21 Å². The molecule has 1 aliphatic rings. The van der Waals surface area contributed by atoms with E-state index in [1.807, 2.05) is 60.5 Å². The van der Waals surface area contributed by atoms with Crippen molar-refractivity contribution in [3.05, 3.63) is 60.3 Å². The van der Waals surface area contributed by atoms with Crippen molar-refractivity contribution in [1.82, 2.24) is 15.2 Å². The molecule has 1 N–H and O–H groups in total. The summed E-state index contributed by atoms with van der Waals surface area (Å²) in [5, 5.41) is 9.41. The molecule has 2 aromatic carbocycles. The lowest BCUT2D eigenvalue weighted by atomic mass is 10.2. The fourth-order valence-corrected chi connectivity index (χ4v) is 4.35. The molecule has 1 amide bonds. The van der Waals surface area contributed by atoms with Crippen molar-refractivity contribution in [2.45, 2.75) is 23.8 Å². The van der Waals surface area contributed by atoms with E-state index in [0.717, 1.165) is 28.6 Å². The van der Waals surface area contributed by atoms with E-state index < -0.39 is 0 Å². The summed E-state index contributed by atoms with van der Waals surface area (Å²) >= 11 is 1.29. The Hall–Kier alpha value is -3.06. The SMILES string of the molecule is C[C@H](Sc1nnc(-c2c[nH]c3ccccc23)o1)C(=O)N1CCc2ccccc21. The van der Waals surface area contributed by atoms with Crippen LogP contribution < -0.4 is 4.90 Å². The molecule has 0 aliphatic carbocycles. The fourth-order valence-electron chi connectivity index (χ4n) is 3.60. The van der Waals surface area contributed by atoms with Crippen LogP contribution in [0.2, 0.25) is 0 Å². The zero-order valence-corrected chi connectivity index (χ0v) is 16.1. The van der Waals surface area contributed by atoms with E-state index in [2.05, 4.69) is 21.2 Å². The Morgan fingerprint density at radius 2 is 2.00 bits per heavy atom. The summed E-state index contributed by atoms with van der Waals surface area (Å²) in [6.07, 6.45) is 2.76. The quantitative estimate of drug-likeness (QED) is 0.526. The number of nitrogens with one attached hydrogen (secondary N) is 1. The number of benzene rings is 2. The topological polar surface area (TPSA) is 75.0 Å². The first-order chi connectivity index (χ1) is 13.7. The maximum absolute atomic E-state index is 12.9. The molecule has 3 heterocycles. The van der Waals surface area contributed by atoms with Crippen molar-refractivity contribution in [3.63, 3.8) is 0 Å². The summed E-state index contributed by atoms with van der Waals surface area (Å²) in [7, 11) is 0. The Bertz CT molecular complexity index is 1170. The Balaban J connectivity index is 1.34. The average Bonchev–Trinajstić information content (AvgIpc) is 3.45. The first-order valence-corrected chi connectivity index (χ1v) is 10.0. The van der Waals surface area contributed by atoms with Gasteiger partial charge in [0.2, 0.25) is 5.91 Å². The Morgan fingerprint density at radius 1 is 1.18 bits per heavy atom. The van der Waals surface area contributed by atoms with Crippen LogP contribution >= 0.6 is 11.8 Å². The Labute approximate surface area is 166 Å². The molecular formula is C21H18N4O2S. The van der Waals surface area contributed by atoms with E-state index in [9.17, 15) is 4.79 Å². The van der Waals surface area contributed by atoms with Crippen molar-refractivity contribution in [1.29, 1.82) is 0 Å². The number of carbonyl (C=O) groups is 1. The molecule has 0 fully saturated rings. The van der Waals surface area contributed by atoms with Crippen LogP contribution in [0.15, 0.2) is 64.4 Å².